The van der Waals surface area contributed by atoms with Crippen molar-refractivity contribution >= 4 is 17.5 Å². The molecule has 1 saturated carbocycles. The number of nitrogens with zero attached hydrogens (tertiary/aromatic N) is 1. The zero-order valence-electron chi connectivity index (χ0n) is 13.7. The first-order valence-electron chi connectivity index (χ1n) is 8.28. The molecule has 1 aliphatic rings. The van der Waals surface area contributed by atoms with Crippen LogP contribution in [0, 0.1) is 5.92 Å². The third-order valence-corrected chi connectivity index (χ3v) is 4.00. The summed E-state index contributed by atoms with van der Waals surface area (Å²) in [5.41, 5.74) is 4.68. The summed E-state index contributed by atoms with van der Waals surface area (Å²) in [6.07, 6.45) is 4.62. The van der Waals surface area contributed by atoms with Gasteiger partial charge in [-0.1, -0.05) is 37.3 Å². The van der Waals surface area contributed by atoms with Crippen LogP contribution in [0.5, 0.6) is 0 Å². The Labute approximate surface area is 137 Å². The van der Waals surface area contributed by atoms with Gasteiger partial charge in [-0.3, -0.25) is 9.59 Å². The fraction of sp³-hybridized carbons (Fsp3) is 0.500. The Hall–Kier alpha value is -2.17. The van der Waals surface area contributed by atoms with Gasteiger partial charge in [0, 0.05) is 25.1 Å². The summed E-state index contributed by atoms with van der Waals surface area (Å²) in [6, 6.07) is 9.70. The van der Waals surface area contributed by atoms with Crippen molar-refractivity contribution in [2.45, 2.75) is 52.0 Å². The van der Waals surface area contributed by atoms with E-state index in [0.29, 0.717) is 12.5 Å². The molecule has 0 bridgehead atoms. The van der Waals surface area contributed by atoms with Gasteiger partial charge in [0.15, 0.2) is 0 Å². The number of hydrazone groups is 1. The Bertz CT molecular complexity index is 555. The lowest BCUT2D eigenvalue weighted by Gasteiger charge is -2.18. The van der Waals surface area contributed by atoms with Gasteiger partial charge in [0.2, 0.25) is 11.8 Å². The lowest BCUT2D eigenvalue weighted by atomic mass is 9.89. The normalized spacial score (nSPS) is 19.3. The standard InChI is InChI=1S/C18H25N3O2/c1-14-6-5-9-16(12-14)20-21-18(23)11-10-17(22)19-13-15-7-3-2-4-8-15/h2-4,7-8,14H,5-6,9-13H2,1H3,(H,19,22)(H,21,23)/b20-16+/t14-/m1/s1. The summed E-state index contributed by atoms with van der Waals surface area (Å²) in [4.78, 5) is 23.5. The average Bonchev–Trinajstić information content (AvgIpc) is 2.57. The third-order valence-electron chi connectivity index (χ3n) is 4.00. The molecule has 0 saturated heterocycles. The van der Waals surface area contributed by atoms with E-state index in [0.717, 1.165) is 30.5 Å². The highest BCUT2D eigenvalue weighted by molar-refractivity contribution is 5.88. The molecule has 0 radical (unpaired) electrons. The highest BCUT2D eigenvalue weighted by atomic mass is 16.2. The van der Waals surface area contributed by atoms with Crippen LogP contribution in [0.4, 0.5) is 0 Å². The zero-order valence-corrected chi connectivity index (χ0v) is 13.7. The summed E-state index contributed by atoms with van der Waals surface area (Å²) in [5.74, 6) is 0.316. The van der Waals surface area contributed by atoms with Crippen molar-refractivity contribution in [3.8, 4) is 0 Å². The van der Waals surface area contributed by atoms with E-state index in [4.69, 9.17) is 0 Å². The van der Waals surface area contributed by atoms with Crippen molar-refractivity contribution in [1.29, 1.82) is 0 Å². The first kappa shape index (κ1) is 17.2. The molecular weight excluding hydrogens is 290 g/mol. The maximum absolute atomic E-state index is 11.7. The fourth-order valence-electron chi connectivity index (χ4n) is 2.67. The fourth-order valence-corrected chi connectivity index (χ4v) is 2.67. The third kappa shape index (κ3) is 6.63. The molecule has 1 aliphatic carbocycles. The Morgan fingerprint density at radius 2 is 1.91 bits per heavy atom. The van der Waals surface area contributed by atoms with Crippen LogP contribution in [-0.4, -0.2) is 17.5 Å². The minimum atomic E-state index is -0.203. The molecule has 0 heterocycles. The molecule has 0 aromatic heterocycles. The van der Waals surface area contributed by atoms with Crippen LogP contribution in [0.25, 0.3) is 0 Å². The van der Waals surface area contributed by atoms with E-state index in [-0.39, 0.29) is 24.7 Å². The molecule has 2 amide bonds. The second-order valence-corrected chi connectivity index (χ2v) is 6.18. The average molecular weight is 315 g/mol. The number of carbonyl (C=O) groups excluding carboxylic acids is 2. The summed E-state index contributed by atoms with van der Waals surface area (Å²) in [5, 5.41) is 7.00. The van der Waals surface area contributed by atoms with Crippen molar-refractivity contribution in [3.05, 3.63) is 35.9 Å². The van der Waals surface area contributed by atoms with E-state index >= 15 is 0 Å². The molecular formula is C18H25N3O2. The van der Waals surface area contributed by atoms with Crippen LogP contribution in [0.2, 0.25) is 0 Å². The van der Waals surface area contributed by atoms with Gasteiger partial charge >= 0.3 is 0 Å². The number of benzene rings is 1. The molecule has 0 aliphatic heterocycles. The van der Waals surface area contributed by atoms with Gasteiger partial charge < -0.3 is 5.32 Å². The van der Waals surface area contributed by atoms with Gasteiger partial charge in [-0.05, 0) is 37.2 Å². The number of nitrogens with one attached hydrogen (secondary N) is 2. The number of hydrogen-bond acceptors (Lipinski definition) is 3. The largest absolute Gasteiger partial charge is 0.352 e. The summed E-state index contributed by atoms with van der Waals surface area (Å²) < 4.78 is 0. The van der Waals surface area contributed by atoms with E-state index in [2.05, 4.69) is 22.8 Å². The molecule has 5 nitrogen and oxygen atoms in total. The lowest BCUT2D eigenvalue weighted by molar-refractivity contribution is -0.126. The topological polar surface area (TPSA) is 70.6 Å². The highest BCUT2D eigenvalue weighted by Gasteiger charge is 2.14. The quantitative estimate of drug-likeness (QED) is 0.792. The van der Waals surface area contributed by atoms with Crippen molar-refractivity contribution in [3.63, 3.8) is 0 Å². The SMILES string of the molecule is C[C@@H]1CCC/C(=N\NC(=O)CCC(=O)NCc2ccccc2)C1. The molecule has 23 heavy (non-hydrogen) atoms. The predicted molar refractivity (Wildman–Crippen MR) is 90.7 cm³/mol. The number of amides is 2. The van der Waals surface area contributed by atoms with Crippen LogP contribution in [0.15, 0.2) is 35.4 Å². The molecule has 1 aromatic rings. The molecule has 1 aromatic carbocycles. The second-order valence-electron chi connectivity index (χ2n) is 6.18. The van der Waals surface area contributed by atoms with Gasteiger partial charge in [-0.25, -0.2) is 5.43 Å². The van der Waals surface area contributed by atoms with Gasteiger partial charge in [0.05, 0.1) is 0 Å². The maximum Gasteiger partial charge on any atom is 0.240 e. The molecule has 5 heteroatoms. The van der Waals surface area contributed by atoms with Gasteiger partial charge in [-0.15, -0.1) is 0 Å². The van der Waals surface area contributed by atoms with Crippen molar-refractivity contribution in [2.24, 2.45) is 11.0 Å². The van der Waals surface area contributed by atoms with Crippen LogP contribution < -0.4 is 10.7 Å². The molecule has 124 valence electrons. The van der Waals surface area contributed by atoms with Crippen molar-refractivity contribution in [1.82, 2.24) is 10.7 Å². The predicted octanol–water partition coefficient (Wildman–Crippen LogP) is 2.77. The van der Waals surface area contributed by atoms with E-state index in [1.807, 2.05) is 30.3 Å². The molecule has 0 spiro atoms. The van der Waals surface area contributed by atoms with E-state index < -0.39 is 0 Å². The van der Waals surface area contributed by atoms with Crippen molar-refractivity contribution < 1.29 is 9.59 Å². The molecule has 2 N–H and O–H groups in total. The van der Waals surface area contributed by atoms with E-state index in [9.17, 15) is 9.59 Å². The first-order chi connectivity index (χ1) is 11.1. The monoisotopic (exact) mass is 315 g/mol. The lowest BCUT2D eigenvalue weighted by Crippen LogP contribution is -2.26. The molecule has 1 atom stereocenters. The van der Waals surface area contributed by atoms with Crippen molar-refractivity contribution in [2.75, 3.05) is 0 Å². The minimum Gasteiger partial charge on any atom is -0.352 e. The van der Waals surface area contributed by atoms with Crippen LogP contribution in [0.1, 0.15) is 51.0 Å². The molecule has 1 fully saturated rings. The Kier molecular flexibility index (Phi) is 6.78. The first-order valence-corrected chi connectivity index (χ1v) is 8.28. The van der Waals surface area contributed by atoms with Crippen LogP contribution >= 0.6 is 0 Å². The van der Waals surface area contributed by atoms with Gasteiger partial charge in [-0.2, -0.15) is 5.10 Å². The number of rotatable bonds is 6. The van der Waals surface area contributed by atoms with E-state index in [1.165, 1.54) is 6.42 Å². The van der Waals surface area contributed by atoms with Gasteiger partial charge in [0.1, 0.15) is 0 Å². The summed E-state index contributed by atoms with van der Waals surface area (Å²) in [7, 11) is 0. The molecule has 0 unspecified atom stereocenters. The summed E-state index contributed by atoms with van der Waals surface area (Å²) >= 11 is 0. The number of hydrogen-bond donors (Lipinski definition) is 2. The van der Waals surface area contributed by atoms with Crippen LogP contribution in [-0.2, 0) is 16.1 Å². The smallest absolute Gasteiger partial charge is 0.240 e. The second kappa shape index (κ2) is 9.08. The zero-order chi connectivity index (χ0) is 16.5. The van der Waals surface area contributed by atoms with Gasteiger partial charge in [0.25, 0.3) is 0 Å². The highest BCUT2D eigenvalue weighted by Crippen LogP contribution is 2.20. The van der Waals surface area contributed by atoms with E-state index in [1.54, 1.807) is 0 Å². The number of carbonyl (C=O) groups is 2. The minimum absolute atomic E-state index is 0.122. The Morgan fingerprint density at radius 3 is 2.65 bits per heavy atom. The Balaban J connectivity index is 1.63. The maximum atomic E-state index is 11.7. The van der Waals surface area contributed by atoms with Crippen LogP contribution in [0.3, 0.4) is 0 Å². The molecule has 2 rings (SSSR count). The Morgan fingerprint density at radius 1 is 1.17 bits per heavy atom. The summed E-state index contributed by atoms with van der Waals surface area (Å²) in [6.45, 7) is 2.69.